The summed E-state index contributed by atoms with van der Waals surface area (Å²) in [5.74, 6) is 0.969. The molecule has 0 aromatic heterocycles. The van der Waals surface area contributed by atoms with Crippen molar-refractivity contribution in [2.75, 3.05) is 18.2 Å². The lowest BCUT2D eigenvalue weighted by atomic mass is 10.0. The minimum Gasteiger partial charge on any atom is -0.495 e. The molecule has 0 bridgehead atoms. The predicted octanol–water partition coefficient (Wildman–Crippen LogP) is 5.16. The van der Waals surface area contributed by atoms with Gasteiger partial charge in [-0.05, 0) is 23.3 Å². The summed E-state index contributed by atoms with van der Waals surface area (Å²) in [6.45, 7) is 0. The fourth-order valence-corrected chi connectivity index (χ4v) is 3.82. The zero-order valence-corrected chi connectivity index (χ0v) is 15.4. The van der Waals surface area contributed by atoms with Gasteiger partial charge in [-0.3, -0.25) is 4.79 Å². The highest BCUT2D eigenvalue weighted by molar-refractivity contribution is 8.00. The first kappa shape index (κ1) is 18.1. The number of carbonyl (C=O) groups is 1. The van der Waals surface area contributed by atoms with Gasteiger partial charge in [0.25, 0.3) is 0 Å². The molecule has 0 radical (unpaired) electrons. The van der Waals surface area contributed by atoms with Crippen molar-refractivity contribution in [2.24, 2.45) is 0 Å². The molecule has 4 heteroatoms. The monoisotopic (exact) mass is 363 g/mol. The molecule has 132 valence electrons. The van der Waals surface area contributed by atoms with Gasteiger partial charge in [0.2, 0.25) is 5.91 Å². The molecule has 1 amide bonds. The molecule has 0 saturated heterocycles. The Morgan fingerprint density at radius 3 is 2.00 bits per heavy atom. The molecule has 0 heterocycles. The zero-order valence-electron chi connectivity index (χ0n) is 14.6. The number of rotatable bonds is 7. The van der Waals surface area contributed by atoms with Crippen LogP contribution < -0.4 is 10.1 Å². The van der Waals surface area contributed by atoms with Crippen LogP contribution in [-0.2, 0) is 4.79 Å². The van der Waals surface area contributed by atoms with Crippen molar-refractivity contribution in [1.29, 1.82) is 0 Å². The lowest BCUT2D eigenvalue weighted by molar-refractivity contribution is -0.113. The Hall–Kier alpha value is -2.72. The van der Waals surface area contributed by atoms with Gasteiger partial charge in [-0.1, -0.05) is 72.8 Å². The summed E-state index contributed by atoms with van der Waals surface area (Å²) < 4.78 is 5.29. The van der Waals surface area contributed by atoms with Crippen LogP contribution in [0.3, 0.4) is 0 Å². The molecule has 1 N–H and O–H groups in total. The van der Waals surface area contributed by atoms with E-state index in [1.807, 2.05) is 60.7 Å². The highest BCUT2D eigenvalue weighted by Crippen LogP contribution is 2.35. The maximum Gasteiger partial charge on any atom is 0.234 e. The summed E-state index contributed by atoms with van der Waals surface area (Å²) in [5.41, 5.74) is 3.07. The Balaban J connectivity index is 1.71. The fourth-order valence-electron chi connectivity index (χ4n) is 2.73. The van der Waals surface area contributed by atoms with Gasteiger partial charge in [-0.15, -0.1) is 11.8 Å². The summed E-state index contributed by atoms with van der Waals surface area (Å²) in [7, 11) is 1.60. The molecule has 0 saturated carbocycles. The van der Waals surface area contributed by atoms with E-state index in [0.717, 1.165) is 0 Å². The van der Waals surface area contributed by atoms with Crippen LogP contribution in [0.5, 0.6) is 5.75 Å². The van der Waals surface area contributed by atoms with E-state index >= 15 is 0 Å². The van der Waals surface area contributed by atoms with Crippen LogP contribution >= 0.6 is 11.8 Å². The Morgan fingerprint density at radius 1 is 0.885 bits per heavy atom. The second-order valence-corrected chi connectivity index (χ2v) is 6.85. The van der Waals surface area contributed by atoms with Crippen molar-refractivity contribution in [2.45, 2.75) is 5.25 Å². The largest absolute Gasteiger partial charge is 0.495 e. The number of para-hydroxylation sites is 2. The number of ether oxygens (including phenoxy) is 1. The average Bonchev–Trinajstić information content (AvgIpc) is 2.70. The number of amides is 1. The summed E-state index contributed by atoms with van der Waals surface area (Å²) in [4.78, 5) is 12.5. The van der Waals surface area contributed by atoms with Crippen molar-refractivity contribution in [3.8, 4) is 5.75 Å². The first-order valence-electron chi connectivity index (χ1n) is 8.42. The molecule has 0 fully saturated rings. The maximum atomic E-state index is 12.5. The highest BCUT2D eigenvalue weighted by atomic mass is 32.2. The van der Waals surface area contributed by atoms with E-state index in [2.05, 4.69) is 29.6 Å². The number of hydrogen-bond acceptors (Lipinski definition) is 3. The van der Waals surface area contributed by atoms with Gasteiger partial charge < -0.3 is 10.1 Å². The van der Waals surface area contributed by atoms with E-state index in [-0.39, 0.29) is 11.2 Å². The van der Waals surface area contributed by atoms with Gasteiger partial charge in [-0.25, -0.2) is 0 Å². The smallest absolute Gasteiger partial charge is 0.234 e. The van der Waals surface area contributed by atoms with Crippen molar-refractivity contribution < 1.29 is 9.53 Å². The number of benzene rings is 3. The summed E-state index contributed by atoms with van der Waals surface area (Å²) >= 11 is 1.62. The first-order chi connectivity index (χ1) is 12.8. The Morgan fingerprint density at radius 2 is 1.42 bits per heavy atom. The molecule has 0 aliphatic heterocycles. The lowest BCUT2D eigenvalue weighted by Crippen LogP contribution is -2.15. The Bertz CT molecular complexity index is 798. The third-order valence-electron chi connectivity index (χ3n) is 3.97. The molecule has 0 spiro atoms. The molecule has 0 atom stereocenters. The van der Waals surface area contributed by atoms with Crippen LogP contribution in [-0.4, -0.2) is 18.8 Å². The van der Waals surface area contributed by atoms with Gasteiger partial charge in [0, 0.05) is 0 Å². The van der Waals surface area contributed by atoms with E-state index < -0.39 is 0 Å². The van der Waals surface area contributed by atoms with E-state index in [1.54, 1.807) is 18.9 Å². The van der Waals surface area contributed by atoms with Crippen LogP contribution in [0.1, 0.15) is 16.4 Å². The van der Waals surface area contributed by atoms with Gasteiger partial charge >= 0.3 is 0 Å². The lowest BCUT2D eigenvalue weighted by Gasteiger charge is -2.18. The Kier molecular flexibility index (Phi) is 6.34. The molecule has 26 heavy (non-hydrogen) atoms. The number of methoxy groups -OCH3 is 1. The van der Waals surface area contributed by atoms with E-state index in [9.17, 15) is 4.79 Å². The number of hydrogen-bond donors (Lipinski definition) is 1. The second kappa shape index (κ2) is 9.11. The molecule has 3 nitrogen and oxygen atoms in total. The SMILES string of the molecule is COc1ccccc1NC(=O)CSC(c1ccccc1)c1ccccc1. The Labute approximate surface area is 158 Å². The minimum atomic E-state index is -0.0450. The molecule has 0 aliphatic carbocycles. The third-order valence-corrected chi connectivity index (χ3v) is 5.27. The number of anilines is 1. The fraction of sp³-hybridized carbons (Fsp3) is 0.136. The van der Waals surface area contributed by atoms with Crippen molar-refractivity contribution in [3.63, 3.8) is 0 Å². The molecular formula is C22H21NO2S. The first-order valence-corrected chi connectivity index (χ1v) is 9.47. The minimum absolute atomic E-state index is 0.0450. The van der Waals surface area contributed by atoms with Gasteiger partial charge in [0.15, 0.2) is 0 Å². The van der Waals surface area contributed by atoms with E-state index in [1.165, 1.54) is 11.1 Å². The number of nitrogens with one attached hydrogen (secondary N) is 1. The molecule has 3 aromatic carbocycles. The van der Waals surface area contributed by atoms with Crippen molar-refractivity contribution in [3.05, 3.63) is 96.1 Å². The van der Waals surface area contributed by atoms with Crippen LogP contribution in [0.15, 0.2) is 84.9 Å². The van der Waals surface area contributed by atoms with E-state index in [4.69, 9.17) is 4.74 Å². The standard InChI is InChI=1S/C22H21NO2S/c1-25-20-15-9-8-14-19(20)23-21(24)16-26-22(17-10-4-2-5-11-17)18-12-6-3-7-13-18/h2-15,22H,16H2,1H3,(H,23,24). The molecule has 3 rings (SSSR count). The summed E-state index contributed by atoms with van der Waals surface area (Å²) in [6, 6.07) is 28.0. The van der Waals surface area contributed by atoms with Crippen LogP contribution in [0, 0.1) is 0 Å². The zero-order chi connectivity index (χ0) is 18.2. The molecule has 0 aliphatic rings. The number of thioether (sulfide) groups is 1. The van der Waals surface area contributed by atoms with Crippen LogP contribution in [0.4, 0.5) is 5.69 Å². The number of carbonyl (C=O) groups excluding carboxylic acids is 1. The summed E-state index contributed by atoms with van der Waals surface area (Å²) in [5, 5.41) is 3.05. The van der Waals surface area contributed by atoms with Gasteiger partial charge in [0.05, 0.1) is 23.8 Å². The topological polar surface area (TPSA) is 38.3 Å². The highest BCUT2D eigenvalue weighted by Gasteiger charge is 2.16. The van der Waals surface area contributed by atoms with Crippen LogP contribution in [0.25, 0.3) is 0 Å². The van der Waals surface area contributed by atoms with Crippen molar-refractivity contribution in [1.82, 2.24) is 0 Å². The maximum absolute atomic E-state index is 12.5. The predicted molar refractivity (Wildman–Crippen MR) is 109 cm³/mol. The quantitative estimate of drug-likeness (QED) is 0.630. The normalized spacial score (nSPS) is 10.5. The summed E-state index contributed by atoms with van der Waals surface area (Å²) in [6.07, 6.45) is 0. The van der Waals surface area contributed by atoms with E-state index in [0.29, 0.717) is 17.2 Å². The molecular weight excluding hydrogens is 342 g/mol. The molecule has 0 unspecified atom stereocenters. The van der Waals surface area contributed by atoms with Gasteiger partial charge in [0.1, 0.15) is 5.75 Å². The van der Waals surface area contributed by atoms with Crippen molar-refractivity contribution >= 4 is 23.4 Å². The average molecular weight is 363 g/mol. The van der Waals surface area contributed by atoms with Crippen LogP contribution in [0.2, 0.25) is 0 Å². The second-order valence-electron chi connectivity index (χ2n) is 5.76. The molecule has 3 aromatic rings. The third kappa shape index (κ3) is 4.67. The van der Waals surface area contributed by atoms with Gasteiger partial charge in [-0.2, -0.15) is 0 Å².